The summed E-state index contributed by atoms with van der Waals surface area (Å²) in [5.41, 5.74) is 2.15. The number of fused-ring (bicyclic) bond motifs is 1. The Balaban J connectivity index is 1.56. The van der Waals surface area contributed by atoms with E-state index in [-0.39, 0.29) is 26.9 Å². The molecule has 164 valence electrons. The van der Waals surface area contributed by atoms with Gasteiger partial charge in [0.05, 0.1) is 32.2 Å². The van der Waals surface area contributed by atoms with Crippen molar-refractivity contribution < 1.29 is 13.2 Å². The molecule has 0 aliphatic heterocycles. The monoisotopic (exact) mass is 470 g/mol. The summed E-state index contributed by atoms with van der Waals surface area (Å²) < 4.78 is 30.4. The molecule has 1 amide bonds. The van der Waals surface area contributed by atoms with Crippen molar-refractivity contribution in [3.05, 3.63) is 87.8 Å². The van der Waals surface area contributed by atoms with Crippen LogP contribution in [0.3, 0.4) is 0 Å². The Labute approximate surface area is 189 Å². The van der Waals surface area contributed by atoms with Crippen molar-refractivity contribution in [2.45, 2.75) is 4.90 Å². The second-order valence-corrected chi connectivity index (χ2v) is 9.26. The van der Waals surface area contributed by atoms with Gasteiger partial charge < -0.3 is 5.32 Å². The third kappa shape index (κ3) is 4.00. The van der Waals surface area contributed by atoms with Crippen molar-refractivity contribution >= 4 is 49.9 Å². The van der Waals surface area contributed by atoms with E-state index in [0.29, 0.717) is 11.2 Å². The van der Waals surface area contributed by atoms with Crippen molar-refractivity contribution in [2.24, 2.45) is 14.1 Å². The van der Waals surface area contributed by atoms with Gasteiger partial charge in [0.25, 0.3) is 15.9 Å². The first-order valence-electron chi connectivity index (χ1n) is 9.51. The predicted octanol–water partition coefficient (Wildman–Crippen LogP) is 3.58. The van der Waals surface area contributed by atoms with E-state index in [0.717, 1.165) is 5.52 Å². The molecule has 1 aromatic heterocycles. The Hall–Kier alpha value is -3.56. The molecule has 0 aliphatic rings. The fraction of sp³-hybridized carbons (Fsp3) is 0.0909. The Morgan fingerprint density at radius 3 is 2.22 bits per heavy atom. The normalized spacial score (nSPS) is 11.5. The van der Waals surface area contributed by atoms with E-state index in [1.807, 2.05) is 0 Å². The molecule has 0 bridgehead atoms. The van der Waals surface area contributed by atoms with E-state index in [4.69, 9.17) is 11.6 Å². The summed E-state index contributed by atoms with van der Waals surface area (Å²) in [5, 5.41) is 2.84. The first-order valence-corrected chi connectivity index (χ1v) is 11.4. The van der Waals surface area contributed by atoms with Crippen LogP contribution in [-0.2, 0) is 24.1 Å². The number of aryl methyl sites for hydroxylation is 2. The summed E-state index contributed by atoms with van der Waals surface area (Å²) in [4.78, 5) is 24.9. The Kier molecular flexibility index (Phi) is 5.53. The van der Waals surface area contributed by atoms with Gasteiger partial charge in [-0.2, -0.15) is 0 Å². The van der Waals surface area contributed by atoms with Gasteiger partial charge in [-0.3, -0.25) is 18.7 Å². The average Bonchev–Trinajstić information content (AvgIpc) is 2.98. The van der Waals surface area contributed by atoms with Crippen molar-refractivity contribution in [2.75, 3.05) is 10.0 Å². The smallest absolute Gasteiger partial charge is 0.322 e. The third-order valence-electron chi connectivity index (χ3n) is 5.05. The minimum Gasteiger partial charge on any atom is -0.322 e. The lowest BCUT2D eigenvalue weighted by Gasteiger charge is -2.11. The van der Waals surface area contributed by atoms with Crippen LogP contribution in [-0.4, -0.2) is 23.5 Å². The highest BCUT2D eigenvalue weighted by atomic mass is 35.5. The Morgan fingerprint density at radius 2 is 1.53 bits per heavy atom. The second-order valence-electron chi connectivity index (χ2n) is 7.17. The fourth-order valence-corrected chi connectivity index (χ4v) is 4.70. The van der Waals surface area contributed by atoms with Crippen LogP contribution >= 0.6 is 11.6 Å². The molecule has 8 nitrogen and oxygen atoms in total. The minimum atomic E-state index is -3.78. The van der Waals surface area contributed by atoms with Crippen LogP contribution in [0.15, 0.2) is 76.4 Å². The molecule has 0 atom stereocenters. The molecule has 0 fully saturated rings. The van der Waals surface area contributed by atoms with Crippen molar-refractivity contribution in [3.8, 4) is 0 Å². The third-order valence-corrected chi connectivity index (χ3v) is 6.76. The highest BCUT2D eigenvalue weighted by Gasteiger charge is 2.17. The first-order chi connectivity index (χ1) is 15.2. The number of aromatic nitrogens is 2. The van der Waals surface area contributed by atoms with Crippen LogP contribution in [0.4, 0.5) is 11.4 Å². The first kappa shape index (κ1) is 21.7. The lowest BCUT2D eigenvalue weighted by atomic mass is 10.2. The maximum atomic E-state index is 12.7. The summed E-state index contributed by atoms with van der Waals surface area (Å²) in [7, 11) is -0.445. The number of carbonyl (C=O) groups is 1. The van der Waals surface area contributed by atoms with E-state index >= 15 is 0 Å². The number of sulfonamides is 1. The van der Waals surface area contributed by atoms with Gasteiger partial charge in [-0.15, -0.1) is 0 Å². The van der Waals surface area contributed by atoms with Gasteiger partial charge in [0, 0.05) is 19.8 Å². The van der Waals surface area contributed by atoms with E-state index in [9.17, 15) is 18.0 Å². The molecule has 32 heavy (non-hydrogen) atoms. The summed E-state index contributed by atoms with van der Waals surface area (Å²) in [5.74, 6) is -0.465. The van der Waals surface area contributed by atoms with Gasteiger partial charge in [-0.1, -0.05) is 29.8 Å². The number of hydrogen-bond acceptors (Lipinski definition) is 4. The lowest BCUT2D eigenvalue weighted by molar-refractivity contribution is 0.102. The van der Waals surface area contributed by atoms with Crippen LogP contribution in [0.5, 0.6) is 0 Å². The molecule has 0 radical (unpaired) electrons. The molecule has 0 saturated carbocycles. The molecular weight excluding hydrogens is 452 g/mol. The molecule has 10 heteroatoms. The highest BCUT2D eigenvalue weighted by molar-refractivity contribution is 7.92. The van der Waals surface area contributed by atoms with E-state index in [2.05, 4.69) is 10.0 Å². The Bertz CT molecular complexity index is 1510. The summed E-state index contributed by atoms with van der Waals surface area (Å²) in [6.07, 6.45) is 0. The highest BCUT2D eigenvalue weighted by Crippen LogP contribution is 2.25. The molecule has 0 aliphatic carbocycles. The number of halogens is 1. The predicted molar refractivity (Wildman–Crippen MR) is 125 cm³/mol. The molecule has 3 aromatic carbocycles. The average molecular weight is 471 g/mol. The molecule has 0 unspecified atom stereocenters. The van der Waals surface area contributed by atoms with Crippen molar-refractivity contribution in [1.29, 1.82) is 0 Å². The number of amides is 1. The second kappa shape index (κ2) is 8.18. The maximum Gasteiger partial charge on any atom is 0.328 e. The number of anilines is 2. The summed E-state index contributed by atoms with van der Waals surface area (Å²) >= 11 is 6.27. The minimum absolute atomic E-state index is 0.0870. The largest absolute Gasteiger partial charge is 0.328 e. The molecule has 4 aromatic rings. The lowest BCUT2D eigenvalue weighted by Crippen LogP contribution is -2.19. The standard InChI is InChI=1S/C22H19ClN4O4S/c1-26-19-11-9-14(13-20(19)27(2)22(26)29)24-21(28)17-10-8-15(12-18(17)23)25-32(30,31)16-6-4-3-5-7-16/h3-13,25H,1-2H3,(H,24,28). The van der Waals surface area contributed by atoms with Crippen LogP contribution in [0.25, 0.3) is 11.0 Å². The van der Waals surface area contributed by atoms with Crippen molar-refractivity contribution in [3.63, 3.8) is 0 Å². The number of nitrogens with one attached hydrogen (secondary N) is 2. The number of imidazole rings is 1. The van der Waals surface area contributed by atoms with Gasteiger partial charge in [0.2, 0.25) is 0 Å². The molecule has 2 N–H and O–H groups in total. The van der Waals surface area contributed by atoms with Gasteiger partial charge in [-0.25, -0.2) is 13.2 Å². The number of rotatable bonds is 5. The number of carbonyl (C=O) groups excluding carboxylic acids is 1. The van der Waals surface area contributed by atoms with Crippen LogP contribution in [0.2, 0.25) is 5.02 Å². The number of hydrogen-bond donors (Lipinski definition) is 2. The summed E-state index contributed by atoms with van der Waals surface area (Å²) in [6, 6.07) is 17.3. The zero-order valence-electron chi connectivity index (χ0n) is 17.2. The number of benzene rings is 3. The van der Waals surface area contributed by atoms with Gasteiger partial charge >= 0.3 is 5.69 Å². The zero-order chi connectivity index (χ0) is 23.0. The number of nitrogens with zero attached hydrogens (tertiary/aromatic N) is 2. The molecule has 4 rings (SSSR count). The molecule has 1 heterocycles. The maximum absolute atomic E-state index is 12.7. The van der Waals surface area contributed by atoms with Crippen molar-refractivity contribution in [1.82, 2.24) is 9.13 Å². The van der Waals surface area contributed by atoms with Gasteiger partial charge in [0.15, 0.2) is 0 Å². The topological polar surface area (TPSA) is 102 Å². The SMILES string of the molecule is Cn1c(=O)n(C)c2cc(NC(=O)c3ccc(NS(=O)(=O)c4ccccc4)cc3Cl)ccc21. The zero-order valence-corrected chi connectivity index (χ0v) is 18.7. The van der Waals surface area contributed by atoms with Gasteiger partial charge in [-0.05, 0) is 48.5 Å². The molecular formula is C22H19ClN4O4S. The van der Waals surface area contributed by atoms with E-state index < -0.39 is 15.9 Å². The van der Waals surface area contributed by atoms with E-state index in [1.165, 1.54) is 39.5 Å². The van der Waals surface area contributed by atoms with Gasteiger partial charge in [0.1, 0.15) is 0 Å². The van der Waals surface area contributed by atoms with Crippen LogP contribution in [0, 0.1) is 0 Å². The quantitative estimate of drug-likeness (QED) is 0.465. The van der Waals surface area contributed by atoms with E-state index in [1.54, 1.807) is 50.5 Å². The molecule has 0 spiro atoms. The summed E-state index contributed by atoms with van der Waals surface area (Å²) in [6.45, 7) is 0. The fourth-order valence-electron chi connectivity index (χ4n) is 3.36. The van der Waals surface area contributed by atoms with Crippen LogP contribution < -0.4 is 15.7 Å². The Morgan fingerprint density at radius 1 is 0.875 bits per heavy atom. The van der Waals surface area contributed by atoms with Crippen LogP contribution in [0.1, 0.15) is 10.4 Å². The molecule has 0 saturated heterocycles.